The first-order valence-electron chi connectivity index (χ1n) is 23.2. The van der Waals surface area contributed by atoms with Crippen LogP contribution in [0.15, 0.2) is 216 Å². The fourth-order valence-electron chi connectivity index (χ4n) is 9.30. The fraction of sp³-hybridized carbons (Fsp3) is 0.103. The molecule has 14 heteroatoms. The zero-order valence-corrected chi connectivity index (χ0v) is 41.9. The maximum absolute atomic E-state index is 14.7. The van der Waals surface area contributed by atoms with E-state index >= 15 is 0 Å². The third-order valence-electron chi connectivity index (χ3n) is 12.7. The van der Waals surface area contributed by atoms with Gasteiger partial charge >= 0.3 is 0 Å². The lowest BCUT2D eigenvalue weighted by Gasteiger charge is -2.50. The van der Waals surface area contributed by atoms with Crippen molar-refractivity contribution < 1.29 is 19.2 Å². The molecule has 2 atom stereocenters. The van der Waals surface area contributed by atoms with Crippen molar-refractivity contribution >= 4 is 90.7 Å². The summed E-state index contributed by atoms with van der Waals surface area (Å²) < 4.78 is 6.83. The topological polar surface area (TPSA) is 118 Å². The molecule has 2 aliphatic rings. The number of rotatable bonds is 15. The van der Waals surface area contributed by atoms with Crippen molar-refractivity contribution in [2.45, 2.75) is 23.1 Å². The number of oxime groups is 1. The molecule has 0 aliphatic carbocycles. The number of thiocarbonyl (C=S) groups is 1. The summed E-state index contributed by atoms with van der Waals surface area (Å²) in [5.41, 5.74) is 7.17. The molecule has 4 heterocycles. The molecule has 0 radical (unpaired) electrons. The van der Waals surface area contributed by atoms with E-state index in [1.807, 2.05) is 133 Å². The summed E-state index contributed by atoms with van der Waals surface area (Å²) in [6.45, 7) is 0. The summed E-state index contributed by atoms with van der Waals surface area (Å²) in [5, 5.41) is 17.9. The van der Waals surface area contributed by atoms with Gasteiger partial charge in [-0.05, 0) is 56.9 Å². The van der Waals surface area contributed by atoms with Gasteiger partial charge in [0.15, 0.2) is 10.8 Å². The van der Waals surface area contributed by atoms with Gasteiger partial charge in [0.05, 0.1) is 5.69 Å². The fourth-order valence-corrected chi connectivity index (χ4v) is 12.7. The Morgan fingerprint density at radius 3 is 1.89 bits per heavy atom. The quantitative estimate of drug-likeness (QED) is 0.0340. The molecule has 0 unspecified atom stereocenters. The van der Waals surface area contributed by atoms with Crippen LogP contribution in [0.4, 0.5) is 5.13 Å². The van der Waals surface area contributed by atoms with Crippen LogP contribution in [0, 0.1) is 0 Å². The van der Waals surface area contributed by atoms with Crippen LogP contribution >= 0.6 is 46.7 Å². The molecule has 0 bridgehead atoms. The van der Waals surface area contributed by atoms with Gasteiger partial charge in [-0.2, -0.15) is 0 Å². The predicted octanol–water partition coefficient (Wildman–Crippen LogP) is 12.1. The van der Waals surface area contributed by atoms with Gasteiger partial charge in [-0.25, -0.2) is 9.97 Å². The number of ether oxygens (including phenoxy) is 1. The minimum atomic E-state index is -0.925. The van der Waals surface area contributed by atoms with Gasteiger partial charge in [-0.3, -0.25) is 14.5 Å². The minimum Gasteiger partial charge on any atom is -0.469 e. The SMILES string of the molecule is CON=C(C(=O)N[C@@H]1C(=O)N2C(C(=S)OC(c3ccccc3)c3ccccc3)=C(c3nc(-c4ccc5ccccc5c4)cs3)CS[C@H]12)c1csc(NC(c2ccccc2)(c2ccccc2)c2ccccc2)n1. The van der Waals surface area contributed by atoms with Crippen LogP contribution in [-0.4, -0.2) is 61.7 Å². The standard InChI is InChI=1S/C58H44N6O4S4/c1-67-63-48(47-36-72-57(60-47)62-58(42-25-11-4-12-26-42,43-27-13-5-14-28-43)44-29-15-6-16-30-44)52(65)61-49-54(66)64-50(56(69)68-51(38-20-7-2-8-21-38)39-22-9-3-10-23-39)45(34-71-55(49)64)53-59-46(35-70-53)41-32-31-37-19-17-18-24-40(37)33-41/h2-33,35-36,49,51,55H,34H2,1H3,(H,60,62)(H,61,65)/t49-,55-/m1/s1. The average Bonchev–Trinajstić information content (AvgIpc) is 4.14. The first-order chi connectivity index (χ1) is 35.4. The van der Waals surface area contributed by atoms with Crippen LogP contribution in [0.3, 0.4) is 0 Å². The molecule has 72 heavy (non-hydrogen) atoms. The van der Waals surface area contributed by atoms with Crippen LogP contribution in [0.25, 0.3) is 27.6 Å². The van der Waals surface area contributed by atoms with E-state index in [9.17, 15) is 9.59 Å². The number of fused-ring (bicyclic) bond motifs is 2. The summed E-state index contributed by atoms with van der Waals surface area (Å²) >= 11 is 10.6. The smallest absolute Gasteiger partial charge is 0.276 e. The van der Waals surface area contributed by atoms with E-state index < -0.39 is 29.0 Å². The number of benzene rings is 7. The first kappa shape index (κ1) is 46.6. The number of anilines is 1. The highest BCUT2D eigenvalue weighted by Crippen LogP contribution is 2.46. The van der Waals surface area contributed by atoms with Crippen LogP contribution < -0.4 is 10.6 Å². The molecule has 1 saturated heterocycles. The molecule has 2 amide bonds. The Labute approximate surface area is 434 Å². The van der Waals surface area contributed by atoms with E-state index in [2.05, 4.69) is 82.5 Å². The molecule has 9 aromatic rings. The molecule has 0 saturated carbocycles. The highest BCUT2D eigenvalue weighted by Gasteiger charge is 2.55. The van der Waals surface area contributed by atoms with Crippen molar-refractivity contribution in [3.05, 3.63) is 249 Å². The Kier molecular flexibility index (Phi) is 13.3. The number of hydrogen-bond acceptors (Lipinski definition) is 12. The number of thiazole rings is 2. The molecular formula is C58H44N6O4S4. The van der Waals surface area contributed by atoms with Crippen LogP contribution in [0.1, 0.15) is 44.6 Å². The van der Waals surface area contributed by atoms with Crippen molar-refractivity contribution in [2.75, 3.05) is 18.2 Å². The number of carbonyl (C=O) groups excluding carboxylic acids is 2. The number of carbonyl (C=O) groups is 2. The van der Waals surface area contributed by atoms with E-state index in [0.717, 1.165) is 60.4 Å². The van der Waals surface area contributed by atoms with E-state index in [-0.39, 0.29) is 22.4 Å². The zero-order chi connectivity index (χ0) is 49.0. The second-order valence-corrected chi connectivity index (χ2v) is 20.2. The molecule has 2 aliphatic heterocycles. The average molecular weight is 1020 g/mol. The molecule has 2 N–H and O–H groups in total. The van der Waals surface area contributed by atoms with Crippen molar-refractivity contribution in [3.63, 3.8) is 0 Å². The Morgan fingerprint density at radius 1 is 0.722 bits per heavy atom. The number of thioether (sulfide) groups is 1. The van der Waals surface area contributed by atoms with Crippen molar-refractivity contribution in [1.82, 2.24) is 20.2 Å². The van der Waals surface area contributed by atoms with Gasteiger partial charge in [0, 0.05) is 27.6 Å². The Balaban J connectivity index is 0.898. The maximum atomic E-state index is 14.7. The van der Waals surface area contributed by atoms with Crippen LogP contribution in [0.5, 0.6) is 0 Å². The van der Waals surface area contributed by atoms with E-state index in [0.29, 0.717) is 16.6 Å². The van der Waals surface area contributed by atoms with E-state index in [1.54, 1.807) is 10.3 Å². The lowest BCUT2D eigenvalue weighted by atomic mass is 9.77. The predicted molar refractivity (Wildman–Crippen MR) is 294 cm³/mol. The summed E-state index contributed by atoms with van der Waals surface area (Å²) in [6.07, 6.45) is -0.568. The molecular weight excluding hydrogens is 973 g/mol. The van der Waals surface area contributed by atoms with Gasteiger partial charge in [-0.15, -0.1) is 34.4 Å². The second kappa shape index (κ2) is 20.5. The summed E-state index contributed by atoms with van der Waals surface area (Å²) in [7, 11) is 1.37. The minimum absolute atomic E-state index is 0.0773. The Morgan fingerprint density at radius 2 is 1.29 bits per heavy atom. The van der Waals surface area contributed by atoms with Crippen molar-refractivity contribution in [1.29, 1.82) is 0 Å². The van der Waals surface area contributed by atoms with Gasteiger partial charge in [0.1, 0.15) is 46.6 Å². The number of aromatic nitrogens is 2. The first-order valence-corrected chi connectivity index (χ1v) is 26.4. The molecule has 7 aromatic carbocycles. The summed E-state index contributed by atoms with van der Waals surface area (Å²) in [5.74, 6) is -0.522. The highest BCUT2D eigenvalue weighted by molar-refractivity contribution is 8.00. The molecule has 10 nitrogen and oxygen atoms in total. The molecule has 354 valence electrons. The van der Waals surface area contributed by atoms with Crippen LogP contribution in [-0.2, 0) is 24.7 Å². The number of amides is 2. The Hall–Kier alpha value is -7.75. The number of nitrogens with zero attached hydrogens (tertiary/aromatic N) is 4. The number of hydrogen-bond donors (Lipinski definition) is 2. The van der Waals surface area contributed by atoms with Gasteiger partial charge < -0.3 is 20.2 Å². The van der Waals surface area contributed by atoms with Gasteiger partial charge in [-0.1, -0.05) is 193 Å². The van der Waals surface area contributed by atoms with Crippen molar-refractivity contribution in [2.24, 2.45) is 5.16 Å². The maximum Gasteiger partial charge on any atom is 0.276 e. The largest absolute Gasteiger partial charge is 0.469 e. The zero-order valence-electron chi connectivity index (χ0n) is 38.6. The third kappa shape index (κ3) is 8.98. The lowest BCUT2D eigenvalue weighted by molar-refractivity contribution is -0.144. The van der Waals surface area contributed by atoms with E-state index in [4.69, 9.17) is 31.8 Å². The van der Waals surface area contributed by atoms with Crippen LogP contribution in [0.2, 0.25) is 0 Å². The molecule has 1 fully saturated rings. The monoisotopic (exact) mass is 1020 g/mol. The van der Waals surface area contributed by atoms with Gasteiger partial charge in [0.25, 0.3) is 11.8 Å². The second-order valence-electron chi connectivity index (χ2n) is 17.0. The van der Waals surface area contributed by atoms with Gasteiger partial charge in [0.2, 0.25) is 5.05 Å². The normalized spacial score (nSPS) is 15.7. The number of β-lactam (4-membered cyclic amide) rings is 1. The number of nitrogens with one attached hydrogen (secondary N) is 2. The van der Waals surface area contributed by atoms with Crippen molar-refractivity contribution in [3.8, 4) is 11.3 Å². The molecule has 0 spiro atoms. The summed E-state index contributed by atoms with van der Waals surface area (Å²) in [6, 6.07) is 63.9. The molecule has 11 rings (SSSR count). The summed E-state index contributed by atoms with van der Waals surface area (Å²) in [4.78, 5) is 46.2. The highest BCUT2D eigenvalue weighted by atomic mass is 32.2. The Bertz CT molecular complexity index is 3340. The van der Waals surface area contributed by atoms with E-state index in [1.165, 1.54) is 41.5 Å². The third-order valence-corrected chi connectivity index (χ3v) is 16.0. The molecule has 2 aromatic heterocycles. The lowest BCUT2D eigenvalue weighted by Crippen LogP contribution is -2.71.